The number of morpholine rings is 1. The van der Waals surface area contributed by atoms with Crippen LogP contribution >= 0.6 is 11.3 Å². The van der Waals surface area contributed by atoms with Gasteiger partial charge < -0.3 is 20.1 Å². The minimum absolute atomic E-state index is 0.139. The van der Waals surface area contributed by atoms with E-state index in [1.165, 1.54) is 22.3 Å². The number of urea groups is 1. The monoisotopic (exact) mass is 547 g/mol. The summed E-state index contributed by atoms with van der Waals surface area (Å²) in [4.78, 5) is 32.7. The van der Waals surface area contributed by atoms with Gasteiger partial charge in [-0.15, -0.1) is 0 Å². The molecule has 4 heterocycles. The Kier molecular flexibility index (Phi) is 6.71. The number of carbonyl (C=O) groups is 1. The van der Waals surface area contributed by atoms with E-state index < -0.39 is 5.82 Å². The Labute approximate surface area is 228 Å². The van der Waals surface area contributed by atoms with E-state index in [4.69, 9.17) is 20.2 Å². The van der Waals surface area contributed by atoms with Crippen molar-refractivity contribution in [2.45, 2.75) is 0 Å². The van der Waals surface area contributed by atoms with Crippen LogP contribution < -0.4 is 25.2 Å². The zero-order valence-electron chi connectivity index (χ0n) is 21.2. The SMILES string of the molecule is COc1ccc(N2CCN(c3cc(-c4sc(N5CCOCC5)nc4-c4ccnc(N)n4)ccc3F)C2=O)cc1. The number of aromatic nitrogens is 3. The minimum Gasteiger partial charge on any atom is -0.497 e. The molecule has 6 rings (SSSR count). The Hall–Kier alpha value is -4.29. The fourth-order valence-corrected chi connectivity index (χ4v) is 5.82. The summed E-state index contributed by atoms with van der Waals surface area (Å²) in [7, 11) is 1.59. The fraction of sp³-hybridized carbons (Fsp3) is 0.259. The molecule has 2 aliphatic rings. The van der Waals surface area contributed by atoms with Gasteiger partial charge in [-0.3, -0.25) is 9.80 Å². The van der Waals surface area contributed by atoms with Gasteiger partial charge >= 0.3 is 6.03 Å². The Morgan fingerprint density at radius 1 is 1.00 bits per heavy atom. The second-order valence-corrected chi connectivity index (χ2v) is 10.0. The van der Waals surface area contributed by atoms with Crippen LogP contribution in [0.25, 0.3) is 21.8 Å². The Bertz CT molecular complexity index is 1510. The molecular weight excluding hydrogens is 521 g/mol. The molecule has 0 spiro atoms. The second-order valence-electron chi connectivity index (χ2n) is 9.02. The van der Waals surface area contributed by atoms with Crippen molar-refractivity contribution in [1.82, 2.24) is 15.0 Å². The third-order valence-electron chi connectivity index (χ3n) is 6.71. The number of nitrogen functional groups attached to an aromatic ring is 1. The van der Waals surface area contributed by atoms with Crippen molar-refractivity contribution in [2.75, 3.05) is 66.9 Å². The molecule has 2 amide bonds. The van der Waals surface area contributed by atoms with Gasteiger partial charge in [0.05, 0.1) is 36.6 Å². The normalized spacial score (nSPS) is 15.7. The van der Waals surface area contributed by atoms with Crippen LogP contribution in [0.5, 0.6) is 5.75 Å². The number of hydrogen-bond donors (Lipinski definition) is 1. The molecule has 2 saturated heterocycles. The Morgan fingerprint density at radius 2 is 1.77 bits per heavy atom. The molecule has 2 N–H and O–H groups in total. The maximum Gasteiger partial charge on any atom is 0.329 e. The molecule has 2 fully saturated rings. The van der Waals surface area contributed by atoms with E-state index in [0.29, 0.717) is 43.4 Å². The highest BCUT2D eigenvalue weighted by Gasteiger charge is 2.33. The van der Waals surface area contributed by atoms with Crippen molar-refractivity contribution >= 4 is 39.8 Å². The van der Waals surface area contributed by atoms with Crippen molar-refractivity contribution in [3.63, 3.8) is 0 Å². The van der Waals surface area contributed by atoms with Crippen molar-refractivity contribution < 1.29 is 18.7 Å². The average molecular weight is 548 g/mol. The molecular formula is C27H26FN7O3S. The van der Waals surface area contributed by atoms with Gasteiger partial charge in [0.25, 0.3) is 0 Å². The van der Waals surface area contributed by atoms with Crippen LogP contribution in [0.15, 0.2) is 54.7 Å². The molecule has 12 heteroatoms. The van der Waals surface area contributed by atoms with E-state index in [0.717, 1.165) is 34.3 Å². The summed E-state index contributed by atoms with van der Waals surface area (Å²) in [6.07, 6.45) is 1.59. The summed E-state index contributed by atoms with van der Waals surface area (Å²) in [5, 5.41) is 0.814. The summed E-state index contributed by atoms with van der Waals surface area (Å²) in [5.41, 5.74) is 8.73. The van der Waals surface area contributed by atoms with Crippen molar-refractivity contribution in [1.29, 1.82) is 0 Å². The lowest BCUT2D eigenvalue weighted by atomic mass is 10.1. The number of hydrogen-bond acceptors (Lipinski definition) is 9. The zero-order valence-corrected chi connectivity index (χ0v) is 22.0. The number of ether oxygens (including phenoxy) is 2. The van der Waals surface area contributed by atoms with Crippen molar-refractivity contribution in [3.8, 4) is 27.6 Å². The molecule has 200 valence electrons. The van der Waals surface area contributed by atoms with E-state index in [9.17, 15) is 4.79 Å². The van der Waals surface area contributed by atoms with Gasteiger partial charge in [-0.2, -0.15) is 0 Å². The number of nitrogens with two attached hydrogens (primary N) is 1. The molecule has 0 radical (unpaired) electrons. The van der Waals surface area contributed by atoms with Crippen LogP contribution in [-0.4, -0.2) is 67.5 Å². The highest BCUT2D eigenvalue weighted by molar-refractivity contribution is 7.19. The highest BCUT2D eigenvalue weighted by Crippen LogP contribution is 2.42. The second kappa shape index (κ2) is 10.5. The van der Waals surface area contributed by atoms with Crippen LogP contribution in [0.2, 0.25) is 0 Å². The van der Waals surface area contributed by atoms with Crippen LogP contribution in [0, 0.1) is 5.82 Å². The van der Waals surface area contributed by atoms with Crippen LogP contribution in [0.4, 0.5) is 31.6 Å². The summed E-state index contributed by atoms with van der Waals surface area (Å²) in [5.74, 6) is 0.359. The van der Waals surface area contributed by atoms with Gasteiger partial charge in [-0.25, -0.2) is 24.1 Å². The molecule has 0 atom stereocenters. The maximum atomic E-state index is 15.2. The quantitative estimate of drug-likeness (QED) is 0.381. The van der Waals surface area contributed by atoms with Gasteiger partial charge in [0.1, 0.15) is 17.3 Å². The van der Waals surface area contributed by atoms with Gasteiger partial charge in [-0.05, 0) is 48.0 Å². The number of thiazole rings is 1. The van der Waals surface area contributed by atoms with E-state index in [2.05, 4.69) is 14.9 Å². The van der Waals surface area contributed by atoms with E-state index in [1.54, 1.807) is 48.5 Å². The molecule has 2 aliphatic heterocycles. The molecule has 0 unspecified atom stereocenters. The lowest BCUT2D eigenvalue weighted by Crippen LogP contribution is -2.36. The number of methoxy groups -OCH3 is 1. The van der Waals surface area contributed by atoms with Gasteiger partial charge in [0.15, 0.2) is 5.13 Å². The number of rotatable bonds is 6. The van der Waals surface area contributed by atoms with E-state index in [-0.39, 0.29) is 17.7 Å². The summed E-state index contributed by atoms with van der Waals surface area (Å²) >= 11 is 1.49. The molecule has 39 heavy (non-hydrogen) atoms. The predicted octanol–water partition coefficient (Wildman–Crippen LogP) is 4.28. The average Bonchev–Trinajstić information content (AvgIpc) is 3.58. The molecule has 10 nitrogen and oxygen atoms in total. The summed E-state index contributed by atoms with van der Waals surface area (Å²) in [6, 6.07) is 13.5. The lowest BCUT2D eigenvalue weighted by Gasteiger charge is -2.26. The largest absolute Gasteiger partial charge is 0.497 e. The minimum atomic E-state index is -0.477. The molecule has 0 aliphatic carbocycles. The summed E-state index contributed by atoms with van der Waals surface area (Å²) in [6.45, 7) is 3.46. The highest BCUT2D eigenvalue weighted by atomic mass is 32.1. The Balaban J connectivity index is 1.37. The number of halogens is 1. The van der Waals surface area contributed by atoms with Crippen LogP contribution in [-0.2, 0) is 4.74 Å². The molecule has 0 saturated carbocycles. The predicted molar refractivity (Wildman–Crippen MR) is 149 cm³/mol. The van der Waals surface area contributed by atoms with Gasteiger partial charge in [0.2, 0.25) is 5.95 Å². The lowest BCUT2D eigenvalue weighted by molar-refractivity contribution is 0.122. The first kappa shape index (κ1) is 25.0. The zero-order chi connectivity index (χ0) is 26.9. The van der Waals surface area contributed by atoms with Crippen LogP contribution in [0.1, 0.15) is 0 Å². The molecule has 0 bridgehead atoms. The third kappa shape index (κ3) is 4.84. The first-order chi connectivity index (χ1) is 19.0. The van der Waals surface area contributed by atoms with Crippen LogP contribution in [0.3, 0.4) is 0 Å². The van der Waals surface area contributed by atoms with Crippen molar-refractivity contribution in [3.05, 3.63) is 60.5 Å². The standard InChI is InChI=1S/C27H26FN7O3S/c1-37-19-5-3-18(4-6-19)34-10-11-35(27(34)36)22-16-17(2-7-20(22)28)24-23(21-8-9-30-25(29)31-21)32-26(39-24)33-12-14-38-15-13-33/h2-9,16H,10-15H2,1H3,(H2,29,30,31). The smallest absolute Gasteiger partial charge is 0.329 e. The summed E-state index contributed by atoms with van der Waals surface area (Å²) < 4.78 is 25.9. The topological polar surface area (TPSA) is 110 Å². The third-order valence-corrected chi connectivity index (χ3v) is 7.87. The maximum absolute atomic E-state index is 15.2. The molecule has 2 aromatic heterocycles. The van der Waals surface area contributed by atoms with Gasteiger partial charge in [-0.1, -0.05) is 17.4 Å². The molecule has 2 aromatic carbocycles. The van der Waals surface area contributed by atoms with E-state index in [1.807, 2.05) is 12.1 Å². The van der Waals surface area contributed by atoms with Gasteiger partial charge in [0, 0.05) is 38.1 Å². The molecule has 4 aromatic rings. The number of carbonyl (C=O) groups excluding carboxylic acids is 1. The number of amides is 2. The fourth-order valence-electron chi connectivity index (χ4n) is 4.70. The first-order valence-corrected chi connectivity index (χ1v) is 13.3. The first-order valence-electron chi connectivity index (χ1n) is 12.5. The number of anilines is 4. The van der Waals surface area contributed by atoms with Crippen molar-refractivity contribution in [2.24, 2.45) is 0 Å². The van der Waals surface area contributed by atoms with E-state index >= 15 is 4.39 Å². The number of benzene rings is 2. The Morgan fingerprint density at radius 3 is 2.51 bits per heavy atom. The number of nitrogens with zero attached hydrogens (tertiary/aromatic N) is 6.